The second kappa shape index (κ2) is 7.46. The minimum Gasteiger partial charge on any atom is -0.422 e. The van der Waals surface area contributed by atoms with Crippen molar-refractivity contribution in [2.24, 2.45) is 5.41 Å². The Hall–Kier alpha value is -2.38. The Labute approximate surface area is 173 Å². The summed E-state index contributed by atoms with van der Waals surface area (Å²) in [6.45, 7) is 1.39. The van der Waals surface area contributed by atoms with Gasteiger partial charge in [0.25, 0.3) is 5.91 Å². The number of carbonyl (C=O) groups is 2. The molecule has 0 bridgehead atoms. The summed E-state index contributed by atoms with van der Waals surface area (Å²) in [7, 11) is 3.45. The van der Waals surface area contributed by atoms with E-state index in [9.17, 15) is 14.4 Å². The van der Waals surface area contributed by atoms with Gasteiger partial charge in [-0.2, -0.15) is 0 Å². The predicted octanol–water partition coefficient (Wildman–Crippen LogP) is 2.55. The molecule has 3 heterocycles. The third kappa shape index (κ3) is 3.53. The van der Waals surface area contributed by atoms with E-state index in [0.29, 0.717) is 54.9 Å². The first-order chi connectivity index (χ1) is 13.8. The van der Waals surface area contributed by atoms with Crippen molar-refractivity contribution in [1.29, 1.82) is 0 Å². The molecule has 0 saturated carbocycles. The van der Waals surface area contributed by atoms with E-state index in [1.807, 2.05) is 0 Å². The number of likely N-dealkylation sites (tertiary alicyclic amines) is 2. The number of hydrogen-bond donors (Lipinski definition) is 0. The molecule has 8 heteroatoms. The number of nitrogens with zero attached hydrogens (tertiary/aromatic N) is 2. The van der Waals surface area contributed by atoms with E-state index in [2.05, 4.69) is 0 Å². The molecule has 2 aliphatic rings. The predicted molar refractivity (Wildman–Crippen MR) is 108 cm³/mol. The van der Waals surface area contributed by atoms with Gasteiger partial charge in [0.2, 0.25) is 5.91 Å². The fourth-order valence-corrected chi connectivity index (χ4v) is 4.69. The van der Waals surface area contributed by atoms with E-state index >= 15 is 0 Å². The molecule has 1 aromatic carbocycles. The standard InChI is InChI=1S/C21H23ClN2O5/c1-23-12-15(28-2)11-21(20(23)27)5-7-24(8-6-21)18(25)16-10-13-9-14(22)3-4-17(13)29-19(16)26/h3-4,9-10,15H,5-8,11-12H2,1-2H3. The van der Waals surface area contributed by atoms with E-state index in [0.717, 1.165) is 0 Å². The van der Waals surface area contributed by atoms with Gasteiger partial charge in [-0.25, -0.2) is 4.79 Å². The van der Waals surface area contributed by atoms with E-state index in [4.69, 9.17) is 20.8 Å². The molecule has 2 aromatic rings. The zero-order valence-electron chi connectivity index (χ0n) is 16.4. The lowest BCUT2D eigenvalue weighted by atomic mass is 9.71. The third-order valence-electron chi connectivity index (χ3n) is 6.16. The van der Waals surface area contributed by atoms with Gasteiger partial charge in [0.1, 0.15) is 11.1 Å². The molecule has 1 spiro atoms. The number of benzene rings is 1. The highest BCUT2D eigenvalue weighted by molar-refractivity contribution is 6.31. The molecule has 0 aliphatic carbocycles. The van der Waals surface area contributed by atoms with Crippen molar-refractivity contribution in [1.82, 2.24) is 9.80 Å². The Morgan fingerprint density at radius 1 is 1.24 bits per heavy atom. The van der Waals surface area contributed by atoms with E-state index in [-0.39, 0.29) is 23.5 Å². The Morgan fingerprint density at radius 2 is 1.97 bits per heavy atom. The van der Waals surface area contributed by atoms with Crippen molar-refractivity contribution < 1.29 is 18.7 Å². The number of amides is 2. The Morgan fingerprint density at radius 3 is 2.66 bits per heavy atom. The molecule has 7 nitrogen and oxygen atoms in total. The topological polar surface area (TPSA) is 80.1 Å². The molecule has 2 fully saturated rings. The van der Waals surface area contributed by atoms with Gasteiger partial charge in [0, 0.05) is 44.2 Å². The first-order valence-corrected chi connectivity index (χ1v) is 10.0. The second-order valence-corrected chi connectivity index (χ2v) is 8.39. The maximum atomic E-state index is 13.0. The summed E-state index contributed by atoms with van der Waals surface area (Å²) < 4.78 is 10.8. The van der Waals surface area contributed by atoms with Gasteiger partial charge in [-0.05, 0) is 43.5 Å². The second-order valence-electron chi connectivity index (χ2n) is 7.95. The first-order valence-electron chi connectivity index (χ1n) is 9.64. The Bertz CT molecular complexity index is 1030. The van der Waals surface area contributed by atoms with Crippen molar-refractivity contribution in [3.05, 3.63) is 45.3 Å². The first kappa shape index (κ1) is 19.9. The molecule has 1 aromatic heterocycles. The van der Waals surface area contributed by atoms with Crippen LogP contribution < -0.4 is 5.63 Å². The van der Waals surface area contributed by atoms with Crippen LogP contribution in [0.1, 0.15) is 29.6 Å². The zero-order chi connectivity index (χ0) is 20.8. The lowest BCUT2D eigenvalue weighted by Crippen LogP contribution is -2.57. The van der Waals surface area contributed by atoms with Crippen LogP contribution in [0, 0.1) is 5.41 Å². The summed E-state index contributed by atoms with van der Waals surface area (Å²) >= 11 is 6.01. The molecule has 0 N–H and O–H groups in total. The molecule has 2 aliphatic heterocycles. The number of hydrogen-bond acceptors (Lipinski definition) is 5. The maximum absolute atomic E-state index is 13.0. The lowest BCUT2D eigenvalue weighted by Gasteiger charge is -2.47. The van der Waals surface area contributed by atoms with E-state index < -0.39 is 11.0 Å². The minimum absolute atomic E-state index is 0.00256. The Kier molecular flexibility index (Phi) is 5.12. The van der Waals surface area contributed by atoms with Crippen LogP contribution in [0.4, 0.5) is 0 Å². The van der Waals surface area contributed by atoms with Gasteiger partial charge in [0.15, 0.2) is 0 Å². The van der Waals surface area contributed by atoms with E-state index in [1.165, 1.54) is 6.07 Å². The SMILES string of the molecule is COC1CN(C)C(=O)C2(CCN(C(=O)c3cc4cc(Cl)ccc4oc3=O)CC2)C1. The number of piperidine rings is 2. The van der Waals surface area contributed by atoms with Crippen LogP contribution in [-0.4, -0.2) is 61.5 Å². The van der Waals surface area contributed by atoms with Gasteiger partial charge in [0.05, 0.1) is 11.5 Å². The summed E-state index contributed by atoms with van der Waals surface area (Å²) in [6.07, 6.45) is 1.75. The molecule has 1 unspecified atom stereocenters. The average molecular weight is 419 g/mol. The van der Waals surface area contributed by atoms with E-state index in [1.54, 1.807) is 42.2 Å². The molecule has 2 amide bonds. The summed E-state index contributed by atoms with van der Waals surface area (Å²) in [6, 6.07) is 6.42. The molecule has 2 saturated heterocycles. The highest BCUT2D eigenvalue weighted by Crippen LogP contribution is 2.41. The molecule has 4 rings (SSSR count). The minimum atomic E-state index is -0.668. The van der Waals surface area contributed by atoms with Crippen LogP contribution in [0.2, 0.25) is 5.02 Å². The van der Waals surface area contributed by atoms with Crippen molar-refractivity contribution in [2.45, 2.75) is 25.4 Å². The molecule has 0 radical (unpaired) electrons. The molecular formula is C21H23ClN2O5. The monoisotopic (exact) mass is 418 g/mol. The number of carbonyl (C=O) groups excluding carboxylic acids is 2. The smallest absolute Gasteiger partial charge is 0.349 e. The fraction of sp³-hybridized carbons (Fsp3) is 0.476. The molecule has 29 heavy (non-hydrogen) atoms. The number of halogens is 1. The number of methoxy groups -OCH3 is 1. The van der Waals surface area contributed by atoms with Crippen LogP contribution in [0.3, 0.4) is 0 Å². The summed E-state index contributed by atoms with van der Waals surface area (Å²) in [5.74, 6) is -0.270. The van der Waals surface area contributed by atoms with Crippen molar-refractivity contribution in [2.75, 3.05) is 33.8 Å². The quantitative estimate of drug-likeness (QED) is 0.700. The number of likely N-dealkylation sites (N-methyl/N-ethyl adjacent to an activating group) is 1. The van der Waals surface area contributed by atoms with Gasteiger partial charge < -0.3 is 19.0 Å². The van der Waals surface area contributed by atoms with Crippen molar-refractivity contribution in [3.63, 3.8) is 0 Å². The number of ether oxygens (including phenoxy) is 1. The van der Waals surface area contributed by atoms with Gasteiger partial charge in [-0.3, -0.25) is 9.59 Å². The van der Waals surface area contributed by atoms with Crippen LogP contribution in [0.25, 0.3) is 11.0 Å². The van der Waals surface area contributed by atoms with Crippen LogP contribution >= 0.6 is 11.6 Å². The van der Waals surface area contributed by atoms with Gasteiger partial charge in [-0.1, -0.05) is 11.6 Å². The molecular weight excluding hydrogens is 396 g/mol. The summed E-state index contributed by atoms with van der Waals surface area (Å²) in [5, 5.41) is 1.10. The third-order valence-corrected chi connectivity index (χ3v) is 6.40. The van der Waals surface area contributed by atoms with Gasteiger partial charge in [-0.15, -0.1) is 0 Å². The zero-order valence-corrected chi connectivity index (χ0v) is 17.2. The van der Waals surface area contributed by atoms with Crippen LogP contribution in [0.5, 0.6) is 0 Å². The average Bonchev–Trinajstić information content (AvgIpc) is 2.71. The van der Waals surface area contributed by atoms with Crippen LogP contribution in [0.15, 0.2) is 33.5 Å². The van der Waals surface area contributed by atoms with Gasteiger partial charge >= 0.3 is 5.63 Å². The maximum Gasteiger partial charge on any atom is 0.349 e. The summed E-state index contributed by atoms with van der Waals surface area (Å²) in [5.41, 5.74) is -0.808. The highest BCUT2D eigenvalue weighted by Gasteiger charge is 2.48. The lowest BCUT2D eigenvalue weighted by molar-refractivity contribution is -0.155. The number of fused-ring (bicyclic) bond motifs is 1. The normalized spacial score (nSPS) is 21.8. The number of rotatable bonds is 2. The fourth-order valence-electron chi connectivity index (χ4n) is 4.51. The molecule has 154 valence electrons. The highest BCUT2D eigenvalue weighted by atomic mass is 35.5. The van der Waals surface area contributed by atoms with Crippen molar-refractivity contribution >= 4 is 34.4 Å². The molecule has 1 atom stereocenters. The Balaban J connectivity index is 1.55. The van der Waals surface area contributed by atoms with Crippen molar-refractivity contribution in [3.8, 4) is 0 Å². The van der Waals surface area contributed by atoms with Crippen LogP contribution in [-0.2, 0) is 9.53 Å². The summed E-state index contributed by atoms with van der Waals surface area (Å²) in [4.78, 5) is 41.5. The largest absolute Gasteiger partial charge is 0.422 e.